The molecule has 4 rings (SSSR count). The molecule has 0 saturated heterocycles. The number of aromatic nitrogens is 3. The summed E-state index contributed by atoms with van der Waals surface area (Å²) in [5.41, 5.74) is 2.87. The molecule has 4 nitrogen and oxygen atoms in total. The van der Waals surface area contributed by atoms with Crippen LogP contribution in [-0.2, 0) is 12.8 Å². The van der Waals surface area contributed by atoms with Gasteiger partial charge >= 0.3 is 0 Å². The Kier molecular flexibility index (Phi) is 4.11. The Balaban J connectivity index is 1.64. The second-order valence-electron chi connectivity index (χ2n) is 5.65. The first-order valence-corrected chi connectivity index (χ1v) is 8.70. The molecule has 2 aromatic heterocycles. The fourth-order valence-corrected chi connectivity index (χ4v) is 3.63. The summed E-state index contributed by atoms with van der Waals surface area (Å²) in [6.45, 7) is 0. The molecule has 6 heteroatoms. The highest BCUT2D eigenvalue weighted by Crippen LogP contribution is 2.26. The van der Waals surface area contributed by atoms with E-state index in [0.717, 1.165) is 24.1 Å². The van der Waals surface area contributed by atoms with Gasteiger partial charge in [-0.25, -0.2) is 9.37 Å². The van der Waals surface area contributed by atoms with Crippen LogP contribution >= 0.6 is 11.3 Å². The number of hydrogen-bond acceptors (Lipinski definition) is 4. The van der Waals surface area contributed by atoms with Crippen molar-refractivity contribution in [3.05, 3.63) is 76.7 Å². The van der Waals surface area contributed by atoms with E-state index in [2.05, 4.69) is 22.2 Å². The molecule has 0 fully saturated rings. The summed E-state index contributed by atoms with van der Waals surface area (Å²) in [6, 6.07) is 16.1. The van der Waals surface area contributed by atoms with E-state index in [1.54, 1.807) is 16.6 Å². The Labute approximate surface area is 147 Å². The fourth-order valence-electron chi connectivity index (χ4n) is 2.73. The summed E-state index contributed by atoms with van der Waals surface area (Å²) in [6.07, 6.45) is 2.43. The summed E-state index contributed by atoms with van der Waals surface area (Å²) < 4.78 is 14.7. The monoisotopic (exact) mass is 351 g/mol. The van der Waals surface area contributed by atoms with Crippen molar-refractivity contribution in [3.63, 3.8) is 0 Å². The quantitative estimate of drug-likeness (QED) is 0.507. The largest absolute Gasteiger partial charge is 0.296 e. The normalized spacial score (nSPS) is 11.1. The van der Waals surface area contributed by atoms with E-state index in [9.17, 15) is 9.18 Å². The number of aryl methyl sites for hydroxylation is 2. The number of carbonyl (C=O) groups is 1. The third-order valence-corrected chi connectivity index (χ3v) is 4.95. The lowest BCUT2D eigenvalue weighted by Crippen LogP contribution is -1.96. The Morgan fingerprint density at radius 1 is 1.04 bits per heavy atom. The second kappa shape index (κ2) is 6.57. The number of aldehydes is 1. The Bertz CT molecular complexity index is 1020. The molecule has 0 saturated carbocycles. The molecule has 0 aliphatic heterocycles. The zero-order valence-electron chi connectivity index (χ0n) is 13.2. The first-order chi connectivity index (χ1) is 12.2. The van der Waals surface area contributed by atoms with Gasteiger partial charge in [-0.3, -0.25) is 4.79 Å². The Hall–Kier alpha value is -2.86. The second-order valence-corrected chi connectivity index (χ2v) is 6.69. The molecule has 4 aromatic rings. The van der Waals surface area contributed by atoms with E-state index in [1.807, 2.05) is 18.2 Å². The van der Waals surface area contributed by atoms with Gasteiger partial charge in [0.1, 0.15) is 22.2 Å². The van der Waals surface area contributed by atoms with Crippen LogP contribution in [0.25, 0.3) is 16.2 Å². The number of halogens is 1. The molecule has 0 unspecified atom stereocenters. The highest BCUT2D eigenvalue weighted by molar-refractivity contribution is 7.16. The van der Waals surface area contributed by atoms with Crippen LogP contribution in [0.15, 0.2) is 54.6 Å². The van der Waals surface area contributed by atoms with Crippen LogP contribution in [0.4, 0.5) is 4.39 Å². The van der Waals surface area contributed by atoms with Crippen molar-refractivity contribution >= 4 is 22.6 Å². The third-order valence-electron chi connectivity index (χ3n) is 3.98. The summed E-state index contributed by atoms with van der Waals surface area (Å²) in [7, 11) is 0. The minimum Gasteiger partial charge on any atom is -0.296 e. The topological polar surface area (TPSA) is 47.3 Å². The standard InChI is InChI=1S/C19H14FN3OS/c20-15-9-7-14(8-10-15)18-16(12-24)23-19(21-18)25-17(22-23)11-6-13-4-2-1-3-5-13/h1-5,7-10,12H,6,11H2. The summed E-state index contributed by atoms with van der Waals surface area (Å²) in [5.74, 6) is -0.321. The number of carbonyl (C=O) groups excluding carboxylic acids is 1. The average Bonchev–Trinajstić information content (AvgIpc) is 3.18. The smallest absolute Gasteiger partial charge is 0.213 e. The summed E-state index contributed by atoms with van der Waals surface area (Å²) >= 11 is 1.47. The number of benzene rings is 2. The highest BCUT2D eigenvalue weighted by Gasteiger charge is 2.17. The third kappa shape index (κ3) is 3.08. The lowest BCUT2D eigenvalue weighted by molar-refractivity contribution is 0.111. The van der Waals surface area contributed by atoms with Gasteiger partial charge in [-0.15, -0.1) is 0 Å². The van der Waals surface area contributed by atoms with Gasteiger partial charge in [0.25, 0.3) is 0 Å². The minimum absolute atomic E-state index is 0.321. The van der Waals surface area contributed by atoms with Crippen molar-refractivity contribution < 1.29 is 9.18 Å². The predicted octanol–water partition coefficient (Wildman–Crippen LogP) is 4.19. The number of imidazole rings is 1. The molecular formula is C19H14FN3OS. The predicted molar refractivity (Wildman–Crippen MR) is 95.5 cm³/mol. The molecule has 0 N–H and O–H groups in total. The van der Waals surface area contributed by atoms with Crippen molar-refractivity contribution in [2.75, 3.05) is 0 Å². The van der Waals surface area contributed by atoms with Crippen LogP contribution in [0.2, 0.25) is 0 Å². The minimum atomic E-state index is -0.321. The molecule has 0 aliphatic rings. The van der Waals surface area contributed by atoms with Gasteiger partial charge in [-0.2, -0.15) is 9.61 Å². The van der Waals surface area contributed by atoms with Crippen molar-refractivity contribution in [2.45, 2.75) is 12.8 Å². The van der Waals surface area contributed by atoms with Crippen LogP contribution in [0.3, 0.4) is 0 Å². The van der Waals surface area contributed by atoms with Crippen molar-refractivity contribution in [3.8, 4) is 11.3 Å². The molecular weight excluding hydrogens is 337 g/mol. The number of hydrogen-bond donors (Lipinski definition) is 0. The number of rotatable bonds is 5. The zero-order valence-corrected chi connectivity index (χ0v) is 14.0. The SMILES string of the molecule is O=Cc1c(-c2ccc(F)cc2)nc2sc(CCc3ccccc3)nn12. The molecule has 2 heterocycles. The summed E-state index contributed by atoms with van der Waals surface area (Å²) in [4.78, 5) is 16.8. The zero-order chi connectivity index (χ0) is 17.2. The molecule has 25 heavy (non-hydrogen) atoms. The van der Waals surface area contributed by atoms with Gasteiger partial charge in [-0.1, -0.05) is 41.7 Å². The van der Waals surface area contributed by atoms with E-state index in [-0.39, 0.29) is 5.82 Å². The van der Waals surface area contributed by atoms with Crippen molar-refractivity contribution in [2.24, 2.45) is 0 Å². The van der Waals surface area contributed by atoms with Gasteiger partial charge in [0.15, 0.2) is 6.29 Å². The van der Waals surface area contributed by atoms with Crippen LogP contribution in [0.1, 0.15) is 21.1 Å². The lowest BCUT2D eigenvalue weighted by atomic mass is 10.1. The molecule has 124 valence electrons. The Morgan fingerprint density at radius 3 is 2.52 bits per heavy atom. The van der Waals surface area contributed by atoms with E-state index >= 15 is 0 Å². The fraction of sp³-hybridized carbons (Fsp3) is 0.105. The maximum atomic E-state index is 13.1. The molecule has 2 aromatic carbocycles. The van der Waals surface area contributed by atoms with Crippen molar-refractivity contribution in [1.29, 1.82) is 0 Å². The van der Waals surface area contributed by atoms with E-state index < -0.39 is 0 Å². The highest BCUT2D eigenvalue weighted by atomic mass is 32.1. The summed E-state index contributed by atoms with van der Waals surface area (Å²) in [5, 5.41) is 5.46. The molecule has 0 radical (unpaired) electrons. The van der Waals surface area contributed by atoms with Crippen LogP contribution in [0.5, 0.6) is 0 Å². The first-order valence-electron chi connectivity index (χ1n) is 7.88. The van der Waals surface area contributed by atoms with Gasteiger partial charge < -0.3 is 0 Å². The maximum absolute atomic E-state index is 13.1. The van der Waals surface area contributed by atoms with Crippen molar-refractivity contribution in [1.82, 2.24) is 14.6 Å². The van der Waals surface area contributed by atoms with Gasteiger partial charge in [0.05, 0.1) is 0 Å². The molecule has 0 aliphatic carbocycles. The number of fused-ring (bicyclic) bond motifs is 1. The van der Waals surface area contributed by atoms with E-state index in [0.29, 0.717) is 21.9 Å². The average molecular weight is 351 g/mol. The molecule has 0 atom stereocenters. The molecule has 0 amide bonds. The number of nitrogens with zero attached hydrogens (tertiary/aromatic N) is 3. The van der Waals surface area contributed by atoms with Crippen LogP contribution < -0.4 is 0 Å². The van der Waals surface area contributed by atoms with Gasteiger partial charge in [0, 0.05) is 12.0 Å². The molecule has 0 spiro atoms. The van der Waals surface area contributed by atoms with E-state index in [1.165, 1.54) is 29.0 Å². The first kappa shape index (κ1) is 15.7. The lowest BCUT2D eigenvalue weighted by Gasteiger charge is -1.99. The molecule has 0 bridgehead atoms. The Morgan fingerprint density at radius 2 is 1.80 bits per heavy atom. The van der Waals surface area contributed by atoms with Crippen LogP contribution in [-0.4, -0.2) is 20.9 Å². The van der Waals surface area contributed by atoms with Gasteiger partial charge in [-0.05, 0) is 36.2 Å². The van der Waals surface area contributed by atoms with Gasteiger partial charge in [0.2, 0.25) is 4.96 Å². The maximum Gasteiger partial charge on any atom is 0.213 e. The van der Waals surface area contributed by atoms with Crippen LogP contribution in [0, 0.1) is 5.82 Å². The van der Waals surface area contributed by atoms with E-state index in [4.69, 9.17) is 0 Å².